The highest BCUT2D eigenvalue weighted by Crippen LogP contribution is 2.22. The summed E-state index contributed by atoms with van der Waals surface area (Å²) in [7, 11) is 0. The molecule has 0 aliphatic rings. The largest absolute Gasteiger partial charge is 0.484 e. The number of hydrogen-bond donors (Lipinski definition) is 1. The first-order valence-electron chi connectivity index (χ1n) is 9.24. The van der Waals surface area contributed by atoms with Crippen LogP contribution < -0.4 is 14.9 Å². The van der Waals surface area contributed by atoms with Crippen LogP contribution in [0.15, 0.2) is 80.9 Å². The normalized spacial score (nSPS) is 11.0. The number of ether oxygens (including phenoxy) is 2. The molecule has 0 atom stereocenters. The minimum atomic E-state index is -0.580. The van der Waals surface area contributed by atoms with Gasteiger partial charge in [0.25, 0.3) is 5.91 Å². The van der Waals surface area contributed by atoms with Crippen molar-refractivity contribution in [3.63, 3.8) is 0 Å². The Balaban J connectivity index is 1.56. The van der Waals surface area contributed by atoms with E-state index in [-0.39, 0.29) is 12.4 Å². The fourth-order valence-electron chi connectivity index (χ4n) is 2.38. The predicted molar refractivity (Wildman–Crippen MR) is 120 cm³/mol. The van der Waals surface area contributed by atoms with Gasteiger partial charge in [-0.05, 0) is 55.5 Å². The van der Waals surface area contributed by atoms with Gasteiger partial charge >= 0.3 is 5.97 Å². The molecule has 2 aromatic carbocycles. The fraction of sp³-hybridized carbons (Fsp3) is 0.0870. The Bertz CT molecular complexity index is 1090. The molecule has 0 aliphatic carbocycles. The van der Waals surface area contributed by atoms with Crippen molar-refractivity contribution in [3.8, 4) is 11.5 Å². The van der Waals surface area contributed by atoms with Gasteiger partial charge in [-0.1, -0.05) is 33.6 Å². The summed E-state index contributed by atoms with van der Waals surface area (Å²) in [5.41, 5.74) is 3.97. The Hall–Kier alpha value is -3.65. The maximum atomic E-state index is 12.1. The summed E-state index contributed by atoms with van der Waals surface area (Å²) >= 11 is 3.36. The van der Waals surface area contributed by atoms with Crippen molar-refractivity contribution in [2.45, 2.75) is 6.92 Å². The van der Waals surface area contributed by atoms with Gasteiger partial charge in [-0.25, -0.2) is 10.2 Å². The van der Waals surface area contributed by atoms with Crippen LogP contribution in [0, 0.1) is 6.92 Å². The van der Waals surface area contributed by atoms with Gasteiger partial charge in [0.2, 0.25) is 0 Å². The van der Waals surface area contributed by atoms with E-state index in [0.717, 1.165) is 10.0 Å². The van der Waals surface area contributed by atoms with Crippen molar-refractivity contribution in [2.75, 3.05) is 6.61 Å². The molecule has 0 saturated heterocycles. The Kier molecular flexibility index (Phi) is 7.78. The molecule has 0 radical (unpaired) electrons. The van der Waals surface area contributed by atoms with Crippen molar-refractivity contribution < 1.29 is 23.5 Å². The fourth-order valence-corrected chi connectivity index (χ4v) is 2.76. The highest BCUT2D eigenvalue weighted by molar-refractivity contribution is 9.10. The molecule has 31 heavy (non-hydrogen) atoms. The van der Waals surface area contributed by atoms with Crippen LogP contribution in [0.5, 0.6) is 11.5 Å². The minimum Gasteiger partial charge on any atom is -0.484 e. The number of aryl methyl sites for hydroxylation is 1. The van der Waals surface area contributed by atoms with Crippen molar-refractivity contribution in [1.29, 1.82) is 0 Å². The molecule has 8 heteroatoms. The van der Waals surface area contributed by atoms with Crippen LogP contribution in [0.1, 0.15) is 16.9 Å². The third-order valence-corrected chi connectivity index (χ3v) is 4.39. The van der Waals surface area contributed by atoms with Gasteiger partial charge in [-0.15, -0.1) is 0 Å². The topological polar surface area (TPSA) is 90.1 Å². The SMILES string of the molecule is Cc1ccc(OCC(=O)N/N=C/c2cc(Br)ccc2OC(=O)/C=C/c2ccco2)cc1. The first-order valence-corrected chi connectivity index (χ1v) is 10.0. The number of esters is 1. The summed E-state index contributed by atoms with van der Waals surface area (Å²) < 4.78 is 16.6. The Morgan fingerprint density at radius 2 is 1.97 bits per heavy atom. The lowest BCUT2D eigenvalue weighted by Gasteiger charge is -2.07. The molecule has 158 valence electrons. The lowest BCUT2D eigenvalue weighted by atomic mass is 10.2. The summed E-state index contributed by atoms with van der Waals surface area (Å²) in [6.45, 7) is 1.78. The second-order valence-electron chi connectivity index (χ2n) is 6.35. The zero-order valence-corrected chi connectivity index (χ0v) is 18.2. The smallest absolute Gasteiger partial charge is 0.336 e. The summed E-state index contributed by atoms with van der Waals surface area (Å²) in [6.07, 6.45) is 5.65. The third kappa shape index (κ3) is 7.27. The van der Waals surface area contributed by atoms with E-state index >= 15 is 0 Å². The molecule has 7 nitrogen and oxygen atoms in total. The first-order chi connectivity index (χ1) is 15.0. The summed E-state index contributed by atoms with van der Waals surface area (Å²) in [4.78, 5) is 24.0. The van der Waals surface area contributed by atoms with Crippen LogP contribution >= 0.6 is 15.9 Å². The second-order valence-corrected chi connectivity index (χ2v) is 7.26. The van der Waals surface area contributed by atoms with Crippen molar-refractivity contribution in [3.05, 3.63) is 88.3 Å². The molecule has 0 spiro atoms. The lowest BCUT2D eigenvalue weighted by molar-refractivity contribution is -0.129. The lowest BCUT2D eigenvalue weighted by Crippen LogP contribution is -2.24. The average Bonchev–Trinajstić information content (AvgIpc) is 3.27. The molecule has 0 unspecified atom stereocenters. The molecule has 1 aromatic heterocycles. The van der Waals surface area contributed by atoms with Gasteiger partial charge in [0.1, 0.15) is 17.3 Å². The number of carbonyl (C=O) groups is 2. The average molecular weight is 483 g/mol. The Morgan fingerprint density at radius 1 is 1.16 bits per heavy atom. The van der Waals surface area contributed by atoms with Crippen LogP contribution in [-0.4, -0.2) is 24.7 Å². The monoisotopic (exact) mass is 482 g/mol. The maximum absolute atomic E-state index is 12.1. The van der Waals surface area contributed by atoms with E-state index in [4.69, 9.17) is 13.9 Å². The highest BCUT2D eigenvalue weighted by atomic mass is 79.9. The number of benzene rings is 2. The zero-order valence-electron chi connectivity index (χ0n) is 16.6. The van der Waals surface area contributed by atoms with Gasteiger partial charge in [-0.3, -0.25) is 4.79 Å². The standard InChI is InChI=1S/C23H19BrN2O5/c1-16-4-7-20(8-5-16)30-15-22(27)26-25-14-17-13-18(24)6-10-21(17)31-23(28)11-9-19-3-2-12-29-19/h2-14H,15H2,1H3,(H,26,27)/b11-9+,25-14+. The molecule has 0 fully saturated rings. The molecule has 0 bridgehead atoms. The molecule has 0 aliphatic heterocycles. The molecule has 0 saturated carbocycles. The molecular formula is C23H19BrN2O5. The Labute approximate surface area is 187 Å². The number of hydrazone groups is 1. The summed E-state index contributed by atoms with van der Waals surface area (Å²) in [6, 6.07) is 15.8. The van der Waals surface area contributed by atoms with Crippen molar-refractivity contribution in [2.24, 2.45) is 5.10 Å². The number of nitrogens with zero attached hydrogens (tertiary/aromatic N) is 1. The van der Waals surface area contributed by atoms with Crippen LogP contribution in [-0.2, 0) is 9.59 Å². The number of nitrogens with one attached hydrogen (secondary N) is 1. The van der Waals surface area contributed by atoms with Gasteiger partial charge in [0, 0.05) is 16.1 Å². The van der Waals surface area contributed by atoms with Crippen LogP contribution in [0.3, 0.4) is 0 Å². The third-order valence-electron chi connectivity index (χ3n) is 3.89. The summed E-state index contributed by atoms with van der Waals surface area (Å²) in [5, 5.41) is 3.91. The number of hydrogen-bond acceptors (Lipinski definition) is 6. The molecule has 1 amide bonds. The van der Waals surface area contributed by atoms with Gasteiger partial charge in [-0.2, -0.15) is 5.10 Å². The number of carbonyl (C=O) groups excluding carboxylic acids is 2. The molecule has 1 N–H and O–H groups in total. The van der Waals surface area contributed by atoms with E-state index in [9.17, 15) is 9.59 Å². The van der Waals surface area contributed by atoms with E-state index in [2.05, 4.69) is 26.5 Å². The molecular weight excluding hydrogens is 464 g/mol. The zero-order chi connectivity index (χ0) is 22.1. The number of halogens is 1. The maximum Gasteiger partial charge on any atom is 0.336 e. The van der Waals surface area contributed by atoms with Gasteiger partial charge in [0.15, 0.2) is 6.61 Å². The quantitative estimate of drug-likeness (QED) is 0.168. The number of furan rings is 1. The van der Waals surface area contributed by atoms with Crippen molar-refractivity contribution >= 4 is 40.1 Å². The van der Waals surface area contributed by atoms with Crippen LogP contribution in [0.4, 0.5) is 0 Å². The van der Waals surface area contributed by atoms with E-state index in [1.54, 1.807) is 42.5 Å². The van der Waals surface area contributed by atoms with E-state index < -0.39 is 11.9 Å². The van der Waals surface area contributed by atoms with Gasteiger partial charge < -0.3 is 13.9 Å². The van der Waals surface area contributed by atoms with E-state index in [1.165, 1.54) is 24.6 Å². The number of rotatable bonds is 8. The van der Waals surface area contributed by atoms with Crippen molar-refractivity contribution in [1.82, 2.24) is 5.43 Å². The minimum absolute atomic E-state index is 0.182. The number of amides is 1. The molecule has 3 aromatic rings. The molecule has 1 heterocycles. The highest BCUT2D eigenvalue weighted by Gasteiger charge is 2.08. The second kappa shape index (κ2) is 10.9. The van der Waals surface area contributed by atoms with E-state index in [0.29, 0.717) is 17.1 Å². The van der Waals surface area contributed by atoms with Crippen LogP contribution in [0.2, 0.25) is 0 Å². The van der Waals surface area contributed by atoms with Crippen LogP contribution in [0.25, 0.3) is 6.08 Å². The molecule has 3 rings (SSSR count). The predicted octanol–water partition coefficient (Wildman–Crippen LogP) is 4.50. The summed E-state index contributed by atoms with van der Waals surface area (Å²) in [5.74, 6) is 0.403. The van der Waals surface area contributed by atoms with Gasteiger partial charge in [0.05, 0.1) is 12.5 Å². The Morgan fingerprint density at radius 3 is 2.71 bits per heavy atom. The van der Waals surface area contributed by atoms with E-state index in [1.807, 2.05) is 19.1 Å². The first kappa shape index (κ1) is 22.0.